The highest BCUT2D eigenvalue weighted by atomic mass is 16.5. The molecular formula is C16H23NO2. The zero-order chi connectivity index (χ0) is 13.5. The first-order valence-corrected chi connectivity index (χ1v) is 7.21. The SMILES string of the molecule is CC1(C)C(Nc2ccc(CCO)cc2)C2CCOC21. The van der Waals surface area contributed by atoms with E-state index in [-0.39, 0.29) is 12.0 Å². The predicted octanol–water partition coefficient (Wildman–Crippen LogP) is 2.45. The predicted molar refractivity (Wildman–Crippen MR) is 76.3 cm³/mol. The number of fused-ring (bicyclic) bond motifs is 1. The lowest BCUT2D eigenvalue weighted by Crippen LogP contribution is -2.63. The van der Waals surface area contributed by atoms with E-state index >= 15 is 0 Å². The van der Waals surface area contributed by atoms with Crippen LogP contribution in [0.3, 0.4) is 0 Å². The minimum Gasteiger partial charge on any atom is -0.396 e. The summed E-state index contributed by atoms with van der Waals surface area (Å²) in [5.41, 5.74) is 2.57. The molecule has 2 aliphatic rings. The number of anilines is 1. The fourth-order valence-corrected chi connectivity index (χ4v) is 3.69. The molecule has 3 heteroatoms. The van der Waals surface area contributed by atoms with Crippen LogP contribution in [0.5, 0.6) is 0 Å². The number of nitrogens with one attached hydrogen (secondary N) is 1. The van der Waals surface area contributed by atoms with E-state index in [9.17, 15) is 0 Å². The van der Waals surface area contributed by atoms with Gasteiger partial charge in [-0.25, -0.2) is 0 Å². The second kappa shape index (κ2) is 4.80. The molecule has 104 valence electrons. The smallest absolute Gasteiger partial charge is 0.0694 e. The van der Waals surface area contributed by atoms with Gasteiger partial charge < -0.3 is 15.2 Å². The van der Waals surface area contributed by atoms with Crippen molar-refractivity contribution in [2.75, 3.05) is 18.5 Å². The average molecular weight is 261 g/mol. The summed E-state index contributed by atoms with van der Waals surface area (Å²) < 4.78 is 5.82. The van der Waals surface area contributed by atoms with Crippen molar-refractivity contribution in [2.45, 2.75) is 38.8 Å². The summed E-state index contributed by atoms with van der Waals surface area (Å²) in [5, 5.41) is 12.6. The Hall–Kier alpha value is -1.06. The lowest BCUT2D eigenvalue weighted by molar-refractivity contribution is -0.0923. The lowest BCUT2D eigenvalue weighted by Gasteiger charge is -2.55. The van der Waals surface area contributed by atoms with Gasteiger partial charge in [-0.05, 0) is 30.5 Å². The Morgan fingerprint density at radius 3 is 2.74 bits per heavy atom. The number of ether oxygens (including phenoxy) is 1. The molecule has 0 spiro atoms. The van der Waals surface area contributed by atoms with Crippen molar-refractivity contribution in [3.8, 4) is 0 Å². The van der Waals surface area contributed by atoms with Crippen LogP contribution in [0, 0.1) is 11.3 Å². The Labute approximate surface area is 115 Å². The fourth-order valence-electron chi connectivity index (χ4n) is 3.69. The van der Waals surface area contributed by atoms with E-state index in [1.165, 1.54) is 17.7 Å². The van der Waals surface area contributed by atoms with Crippen LogP contribution in [0.4, 0.5) is 5.69 Å². The summed E-state index contributed by atoms with van der Waals surface area (Å²) in [4.78, 5) is 0. The van der Waals surface area contributed by atoms with Gasteiger partial charge in [-0.15, -0.1) is 0 Å². The second-order valence-electron chi connectivity index (χ2n) is 6.36. The molecule has 3 rings (SSSR count). The molecule has 0 radical (unpaired) electrons. The first kappa shape index (κ1) is 12.9. The largest absolute Gasteiger partial charge is 0.396 e. The zero-order valence-corrected chi connectivity index (χ0v) is 11.7. The minimum atomic E-state index is 0.212. The van der Waals surface area contributed by atoms with Crippen molar-refractivity contribution < 1.29 is 9.84 Å². The number of aliphatic hydroxyl groups is 1. The van der Waals surface area contributed by atoms with Crippen molar-refractivity contribution in [3.05, 3.63) is 29.8 Å². The lowest BCUT2D eigenvalue weighted by atomic mass is 9.57. The van der Waals surface area contributed by atoms with Crippen molar-refractivity contribution in [2.24, 2.45) is 11.3 Å². The second-order valence-corrected chi connectivity index (χ2v) is 6.36. The maximum Gasteiger partial charge on any atom is 0.0694 e. The summed E-state index contributed by atoms with van der Waals surface area (Å²) in [6.07, 6.45) is 2.33. The molecule has 1 aliphatic carbocycles. The third-order valence-corrected chi connectivity index (χ3v) is 4.78. The summed E-state index contributed by atoms with van der Waals surface area (Å²) in [7, 11) is 0. The van der Waals surface area contributed by atoms with Crippen LogP contribution in [-0.4, -0.2) is 30.5 Å². The van der Waals surface area contributed by atoms with E-state index in [0.717, 1.165) is 13.0 Å². The molecule has 3 nitrogen and oxygen atoms in total. The molecule has 0 bridgehead atoms. The van der Waals surface area contributed by atoms with E-state index in [0.29, 0.717) is 18.1 Å². The van der Waals surface area contributed by atoms with Gasteiger partial charge >= 0.3 is 0 Å². The summed E-state index contributed by atoms with van der Waals surface area (Å²) in [6, 6.07) is 8.91. The Bertz CT molecular complexity index is 441. The Morgan fingerprint density at radius 1 is 1.32 bits per heavy atom. The van der Waals surface area contributed by atoms with Crippen molar-refractivity contribution in [1.29, 1.82) is 0 Å². The topological polar surface area (TPSA) is 41.5 Å². The fraction of sp³-hybridized carbons (Fsp3) is 0.625. The number of aliphatic hydroxyl groups excluding tert-OH is 1. The molecule has 1 aromatic rings. The van der Waals surface area contributed by atoms with Crippen LogP contribution in [0.1, 0.15) is 25.8 Å². The number of hydrogen-bond acceptors (Lipinski definition) is 3. The van der Waals surface area contributed by atoms with E-state index in [1.807, 2.05) is 0 Å². The Kier molecular flexibility index (Phi) is 3.27. The average Bonchev–Trinajstić information content (AvgIpc) is 2.85. The summed E-state index contributed by atoms with van der Waals surface area (Å²) in [5.74, 6) is 0.659. The molecule has 3 unspecified atom stereocenters. The minimum absolute atomic E-state index is 0.212. The first-order chi connectivity index (χ1) is 9.13. The molecule has 19 heavy (non-hydrogen) atoms. The van der Waals surface area contributed by atoms with Gasteiger partial charge in [0.1, 0.15) is 0 Å². The Morgan fingerprint density at radius 2 is 2.05 bits per heavy atom. The molecule has 0 amide bonds. The first-order valence-electron chi connectivity index (χ1n) is 7.21. The highest BCUT2D eigenvalue weighted by Crippen LogP contribution is 2.53. The van der Waals surface area contributed by atoms with E-state index in [4.69, 9.17) is 9.84 Å². The summed E-state index contributed by atoms with van der Waals surface area (Å²) in [6.45, 7) is 5.70. The molecule has 3 atom stereocenters. The number of hydrogen-bond donors (Lipinski definition) is 2. The van der Waals surface area contributed by atoms with Crippen LogP contribution in [0.25, 0.3) is 0 Å². The molecule has 1 saturated carbocycles. The van der Waals surface area contributed by atoms with Gasteiger partial charge in [-0.1, -0.05) is 26.0 Å². The van der Waals surface area contributed by atoms with Gasteiger partial charge in [0.2, 0.25) is 0 Å². The van der Waals surface area contributed by atoms with E-state index in [2.05, 4.69) is 43.4 Å². The molecule has 1 aromatic carbocycles. The molecule has 2 N–H and O–H groups in total. The maximum atomic E-state index is 8.92. The molecule has 2 fully saturated rings. The third kappa shape index (κ3) is 2.15. The highest BCUT2D eigenvalue weighted by Gasteiger charge is 2.59. The van der Waals surface area contributed by atoms with Crippen LogP contribution in [-0.2, 0) is 11.2 Å². The van der Waals surface area contributed by atoms with Crippen molar-refractivity contribution >= 4 is 5.69 Å². The van der Waals surface area contributed by atoms with Crippen molar-refractivity contribution in [3.63, 3.8) is 0 Å². The summed E-state index contributed by atoms with van der Waals surface area (Å²) >= 11 is 0. The molecule has 1 heterocycles. The van der Waals surface area contributed by atoms with Crippen molar-refractivity contribution in [1.82, 2.24) is 0 Å². The van der Waals surface area contributed by atoms with Gasteiger partial charge in [0.25, 0.3) is 0 Å². The van der Waals surface area contributed by atoms with Crippen LogP contribution >= 0.6 is 0 Å². The quantitative estimate of drug-likeness (QED) is 0.874. The molecule has 1 aliphatic heterocycles. The van der Waals surface area contributed by atoms with E-state index < -0.39 is 0 Å². The molecule has 1 saturated heterocycles. The number of rotatable bonds is 4. The van der Waals surface area contributed by atoms with E-state index in [1.54, 1.807) is 0 Å². The standard InChI is InChI=1S/C16H23NO2/c1-16(2)14(13-8-10-19-15(13)16)17-12-5-3-11(4-6-12)7-9-18/h3-6,13-15,17-18H,7-10H2,1-2H3. The van der Waals surface area contributed by atoms with Gasteiger partial charge in [-0.3, -0.25) is 0 Å². The normalized spacial score (nSPS) is 31.6. The van der Waals surface area contributed by atoms with Crippen LogP contribution < -0.4 is 5.32 Å². The van der Waals surface area contributed by atoms with Crippen LogP contribution in [0.15, 0.2) is 24.3 Å². The van der Waals surface area contributed by atoms with Gasteiger partial charge in [-0.2, -0.15) is 0 Å². The monoisotopic (exact) mass is 261 g/mol. The Balaban J connectivity index is 1.68. The molecule has 0 aromatic heterocycles. The van der Waals surface area contributed by atoms with Gasteiger partial charge in [0, 0.05) is 36.3 Å². The van der Waals surface area contributed by atoms with Gasteiger partial charge in [0.05, 0.1) is 6.10 Å². The zero-order valence-electron chi connectivity index (χ0n) is 11.7. The van der Waals surface area contributed by atoms with Crippen LogP contribution in [0.2, 0.25) is 0 Å². The highest BCUT2D eigenvalue weighted by molar-refractivity contribution is 5.47. The van der Waals surface area contributed by atoms with Gasteiger partial charge in [0.15, 0.2) is 0 Å². The molecular weight excluding hydrogens is 238 g/mol. The maximum absolute atomic E-state index is 8.92. The third-order valence-electron chi connectivity index (χ3n) is 4.78. The number of benzene rings is 1.